The van der Waals surface area contributed by atoms with Crippen LogP contribution in [-0.2, 0) is 16.1 Å². The van der Waals surface area contributed by atoms with Crippen molar-refractivity contribution < 1.29 is 27.5 Å². The molecule has 2 aromatic carbocycles. The first-order valence-electron chi connectivity index (χ1n) is 8.09. The van der Waals surface area contributed by atoms with Gasteiger partial charge in [-0.25, -0.2) is 0 Å². The van der Waals surface area contributed by atoms with E-state index in [-0.39, 0.29) is 24.7 Å². The fourth-order valence-corrected chi connectivity index (χ4v) is 2.32. The number of benzene rings is 2. The van der Waals surface area contributed by atoms with Crippen LogP contribution in [0.4, 0.5) is 18.9 Å². The highest BCUT2D eigenvalue weighted by Crippen LogP contribution is 2.19. The third-order valence-electron chi connectivity index (χ3n) is 3.62. The van der Waals surface area contributed by atoms with Gasteiger partial charge in [0.05, 0.1) is 0 Å². The Morgan fingerprint density at radius 3 is 2.48 bits per heavy atom. The second-order valence-corrected chi connectivity index (χ2v) is 5.99. The summed E-state index contributed by atoms with van der Waals surface area (Å²) in [6, 6.07) is 11.4. The molecule has 8 heteroatoms. The maximum atomic E-state index is 12.3. The number of anilines is 1. The highest BCUT2D eigenvalue weighted by molar-refractivity contribution is 5.94. The molecule has 2 amide bonds. The molecule has 0 unspecified atom stereocenters. The Bertz CT molecular complexity index is 835. The van der Waals surface area contributed by atoms with Crippen LogP contribution in [0.5, 0.6) is 5.75 Å². The van der Waals surface area contributed by atoms with Crippen molar-refractivity contribution in [2.45, 2.75) is 26.6 Å². The normalized spacial score (nSPS) is 11.0. The first-order chi connectivity index (χ1) is 12.6. The van der Waals surface area contributed by atoms with Crippen LogP contribution in [0.25, 0.3) is 0 Å². The number of aryl methyl sites for hydroxylation is 2. The zero-order valence-corrected chi connectivity index (χ0v) is 14.8. The molecule has 27 heavy (non-hydrogen) atoms. The van der Waals surface area contributed by atoms with Gasteiger partial charge in [-0.3, -0.25) is 9.59 Å². The van der Waals surface area contributed by atoms with E-state index in [2.05, 4.69) is 5.32 Å². The monoisotopic (exact) mass is 380 g/mol. The Kier molecular flexibility index (Phi) is 6.44. The van der Waals surface area contributed by atoms with Crippen LogP contribution in [-0.4, -0.2) is 24.6 Å². The third kappa shape index (κ3) is 6.32. The van der Waals surface area contributed by atoms with Gasteiger partial charge < -0.3 is 15.4 Å². The number of nitrogens with one attached hydrogen (secondary N) is 2. The van der Waals surface area contributed by atoms with E-state index in [1.54, 1.807) is 17.4 Å². The second kappa shape index (κ2) is 8.57. The minimum Gasteiger partial charge on any atom is -0.484 e. The summed E-state index contributed by atoms with van der Waals surface area (Å²) in [5, 5.41) is 4.38. The van der Waals surface area contributed by atoms with E-state index < -0.39 is 12.1 Å². The Morgan fingerprint density at radius 2 is 1.81 bits per heavy atom. The van der Waals surface area contributed by atoms with Crippen molar-refractivity contribution in [1.82, 2.24) is 5.32 Å². The van der Waals surface area contributed by atoms with E-state index in [1.807, 2.05) is 26.0 Å². The predicted molar refractivity (Wildman–Crippen MR) is 94.4 cm³/mol. The molecule has 2 N–H and O–H groups in total. The number of ether oxygens (including phenoxy) is 1. The predicted octanol–water partition coefficient (Wildman–Crippen LogP) is 3.50. The third-order valence-corrected chi connectivity index (χ3v) is 3.62. The van der Waals surface area contributed by atoms with Crippen LogP contribution in [0.15, 0.2) is 42.5 Å². The molecular weight excluding hydrogens is 361 g/mol. The molecule has 2 aromatic rings. The minimum atomic E-state index is -4.96. The smallest absolute Gasteiger partial charge is 0.471 e. The van der Waals surface area contributed by atoms with Crippen LogP contribution in [0.1, 0.15) is 16.7 Å². The lowest BCUT2D eigenvalue weighted by Crippen LogP contribution is -2.30. The van der Waals surface area contributed by atoms with Crippen molar-refractivity contribution in [3.05, 3.63) is 59.2 Å². The summed E-state index contributed by atoms with van der Waals surface area (Å²) in [4.78, 5) is 22.9. The quantitative estimate of drug-likeness (QED) is 0.806. The summed E-state index contributed by atoms with van der Waals surface area (Å²) in [5.74, 6) is -1.82. The Balaban J connectivity index is 1.86. The minimum absolute atomic E-state index is 0.00407. The van der Waals surface area contributed by atoms with Gasteiger partial charge in [0.25, 0.3) is 5.91 Å². The molecule has 0 aliphatic heterocycles. The molecule has 0 radical (unpaired) electrons. The Labute approximate surface area is 154 Å². The summed E-state index contributed by atoms with van der Waals surface area (Å²) >= 11 is 0. The van der Waals surface area contributed by atoms with Gasteiger partial charge in [-0.15, -0.1) is 0 Å². The molecule has 0 heterocycles. The molecule has 2 rings (SSSR count). The van der Waals surface area contributed by atoms with Crippen LogP contribution in [0, 0.1) is 13.8 Å². The first-order valence-corrected chi connectivity index (χ1v) is 8.09. The number of amides is 2. The van der Waals surface area contributed by atoms with Gasteiger partial charge in [-0.1, -0.05) is 29.8 Å². The highest BCUT2D eigenvalue weighted by atomic mass is 19.4. The van der Waals surface area contributed by atoms with Crippen molar-refractivity contribution in [3.63, 3.8) is 0 Å². The van der Waals surface area contributed by atoms with Gasteiger partial charge in [0, 0.05) is 12.2 Å². The number of hydrogen-bond donors (Lipinski definition) is 2. The Morgan fingerprint density at radius 1 is 1.07 bits per heavy atom. The highest BCUT2D eigenvalue weighted by Gasteiger charge is 2.38. The fraction of sp³-hybridized carbons (Fsp3) is 0.263. The lowest BCUT2D eigenvalue weighted by atomic mass is 10.1. The lowest BCUT2D eigenvalue weighted by Gasteiger charge is -2.11. The summed E-state index contributed by atoms with van der Waals surface area (Å²) < 4.78 is 42.3. The van der Waals surface area contributed by atoms with Gasteiger partial charge in [0.15, 0.2) is 6.61 Å². The zero-order chi connectivity index (χ0) is 20.0. The SMILES string of the molecule is Cc1ccc(OCC(=O)NCc2cccc(NC(=O)C(F)(F)F)c2)c(C)c1. The number of rotatable bonds is 6. The molecule has 144 valence electrons. The molecule has 0 atom stereocenters. The molecule has 0 saturated heterocycles. The summed E-state index contributed by atoms with van der Waals surface area (Å²) in [6.07, 6.45) is -4.96. The van der Waals surface area contributed by atoms with Gasteiger partial charge in [-0.05, 0) is 43.2 Å². The molecule has 0 fully saturated rings. The molecule has 0 aliphatic rings. The molecule has 5 nitrogen and oxygen atoms in total. The number of halogens is 3. The van der Waals surface area contributed by atoms with E-state index in [0.717, 1.165) is 11.1 Å². The van der Waals surface area contributed by atoms with Crippen molar-refractivity contribution in [1.29, 1.82) is 0 Å². The number of hydrogen-bond acceptors (Lipinski definition) is 3. The number of alkyl halides is 3. The average Bonchev–Trinajstić information content (AvgIpc) is 2.58. The molecular formula is C19H19F3N2O3. The van der Waals surface area contributed by atoms with E-state index in [9.17, 15) is 22.8 Å². The molecule has 0 spiro atoms. The largest absolute Gasteiger partial charge is 0.484 e. The summed E-state index contributed by atoms with van der Waals surface area (Å²) in [7, 11) is 0. The van der Waals surface area contributed by atoms with E-state index in [1.165, 1.54) is 18.2 Å². The first kappa shape index (κ1) is 20.3. The molecule has 0 aliphatic carbocycles. The van der Waals surface area contributed by atoms with Crippen molar-refractivity contribution in [3.8, 4) is 5.75 Å². The second-order valence-electron chi connectivity index (χ2n) is 5.99. The maximum absolute atomic E-state index is 12.3. The van der Waals surface area contributed by atoms with E-state index >= 15 is 0 Å². The van der Waals surface area contributed by atoms with Crippen LogP contribution in [0.3, 0.4) is 0 Å². The van der Waals surface area contributed by atoms with Gasteiger partial charge in [-0.2, -0.15) is 13.2 Å². The van der Waals surface area contributed by atoms with Gasteiger partial charge in [0.1, 0.15) is 5.75 Å². The van der Waals surface area contributed by atoms with Gasteiger partial charge >= 0.3 is 12.1 Å². The van der Waals surface area contributed by atoms with E-state index in [0.29, 0.717) is 11.3 Å². The van der Waals surface area contributed by atoms with Crippen molar-refractivity contribution >= 4 is 17.5 Å². The molecule has 0 aromatic heterocycles. The topological polar surface area (TPSA) is 67.4 Å². The standard InChI is InChI=1S/C19H19F3N2O3/c1-12-6-7-16(13(2)8-12)27-11-17(25)23-10-14-4-3-5-15(9-14)24-18(26)19(20,21)22/h3-9H,10-11H2,1-2H3,(H,23,25)(H,24,26). The van der Waals surface area contributed by atoms with Crippen molar-refractivity contribution in [2.75, 3.05) is 11.9 Å². The molecule has 0 bridgehead atoms. The maximum Gasteiger partial charge on any atom is 0.471 e. The zero-order valence-electron chi connectivity index (χ0n) is 14.8. The molecule has 0 saturated carbocycles. The number of carbonyl (C=O) groups excluding carboxylic acids is 2. The van der Waals surface area contributed by atoms with Crippen LogP contribution < -0.4 is 15.4 Å². The number of carbonyl (C=O) groups is 2. The van der Waals surface area contributed by atoms with Crippen LogP contribution >= 0.6 is 0 Å². The van der Waals surface area contributed by atoms with Gasteiger partial charge in [0.2, 0.25) is 0 Å². The van der Waals surface area contributed by atoms with Crippen LogP contribution in [0.2, 0.25) is 0 Å². The lowest BCUT2D eigenvalue weighted by molar-refractivity contribution is -0.167. The Hall–Kier alpha value is -3.03. The fourth-order valence-electron chi connectivity index (χ4n) is 2.32. The van der Waals surface area contributed by atoms with E-state index in [4.69, 9.17) is 4.74 Å². The summed E-state index contributed by atoms with van der Waals surface area (Å²) in [6.45, 7) is 3.73. The van der Waals surface area contributed by atoms with Crippen molar-refractivity contribution in [2.24, 2.45) is 0 Å². The summed E-state index contributed by atoms with van der Waals surface area (Å²) in [5.41, 5.74) is 2.53. The average molecular weight is 380 g/mol.